The molecule has 0 bridgehead atoms. The maximum atomic E-state index is 13.9. The third-order valence-electron chi connectivity index (χ3n) is 3.42. The first kappa shape index (κ1) is 14.8. The lowest BCUT2D eigenvalue weighted by atomic mass is 10.1. The summed E-state index contributed by atoms with van der Waals surface area (Å²) in [5.74, 6) is -1.23. The second-order valence-corrected chi connectivity index (χ2v) is 5.37. The number of anilines is 1. The molecule has 1 aromatic rings. The van der Waals surface area contributed by atoms with E-state index in [-0.39, 0.29) is 17.2 Å². The zero-order chi connectivity index (χ0) is 14.7. The summed E-state index contributed by atoms with van der Waals surface area (Å²) in [6, 6.07) is 2.21. The van der Waals surface area contributed by atoms with Crippen molar-refractivity contribution in [3.05, 3.63) is 29.3 Å². The number of benzene rings is 1. The zero-order valence-electron chi connectivity index (χ0n) is 11.9. The van der Waals surface area contributed by atoms with Crippen molar-refractivity contribution in [2.75, 3.05) is 25.5 Å². The average Bonchev–Trinajstić information content (AvgIpc) is 3.20. The van der Waals surface area contributed by atoms with E-state index in [1.54, 1.807) is 7.05 Å². The molecular formula is C15H20F2N2O. The van der Waals surface area contributed by atoms with Gasteiger partial charge in [0.15, 0.2) is 0 Å². The van der Waals surface area contributed by atoms with Gasteiger partial charge in [0.25, 0.3) is 5.91 Å². The van der Waals surface area contributed by atoms with Crippen molar-refractivity contribution >= 4 is 11.6 Å². The normalized spacial score (nSPS) is 14.2. The highest BCUT2D eigenvalue weighted by molar-refractivity contribution is 5.94. The number of nitrogens with zero attached hydrogens (tertiary/aromatic N) is 1. The minimum absolute atomic E-state index is 0.0604. The minimum Gasteiger partial charge on any atom is -0.380 e. The molecule has 5 heteroatoms. The quantitative estimate of drug-likeness (QED) is 0.868. The molecule has 0 saturated heterocycles. The van der Waals surface area contributed by atoms with Crippen LogP contribution in [0.2, 0.25) is 0 Å². The van der Waals surface area contributed by atoms with Crippen molar-refractivity contribution in [1.82, 2.24) is 4.90 Å². The van der Waals surface area contributed by atoms with Gasteiger partial charge in [0.1, 0.15) is 17.3 Å². The van der Waals surface area contributed by atoms with Crippen molar-refractivity contribution < 1.29 is 13.6 Å². The van der Waals surface area contributed by atoms with E-state index in [1.807, 2.05) is 6.92 Å². The number of hydrogen-bond acceptors (Lipinski definition) is 2. The molecular weight excluding hydrogens is 262 g/mol. The highest BCUT2D eigenvalue weighted by Crippen LogP contribution is 2.30. The first-order valence-corrected chi connectivity index (χ1v) is 7.01. The second kappa shape index (κ2) is 6.20. The van der Waals surface area contributed by atoms with Crippen LogP contribution in [0, 0.1) is 17.6 Å². The van der Waals surface area contributed by atoms with E-state index < -0.39 is 11.6 Å². The standard InChI is InChI=1S/C15H20F2N2O/c1-3-6-18-14-12(16)7-11(8-13(14)17)15(20)19(2)9-10-4-5-10/h7-8,10,18H,3-6,9H2,1-2H3. The molecule has 1 fully saturated rings. The summed E-state index contributed by atoms with van der Waals surface area (Å²) in [7, 11) is 1.67. The first-order valence-electron chi connectivity index (χ1n) is 7.01. The molecule has 2 rings (SSSR count). The van der Waals surface area contributed by atoms with E-state index in [0.29, 0.717) is 19.0 Å². The van der Waals surface area contributed by atoms with Crippen LogP contribution in [0.3, 0.4) is 0 Å². The third kappa shape index (κ3) is 3.46. The number of halogens is 2. The molecule has 0 aliphatic heterocycles. The van der Waals surface area contributed by atoms with Gasteiger partial charge in [-0.05, 0) is 37.3 Å². The van der Waals surface area contributed by atoms with Gasteiger partial charge in [0, 0.05) is 25.7 Å². The Morgan fingerprint density at radius 3 is 2.45 bits per heavy atom. The lowest BCUT2D eigenvalue weighted by molar-refractivity contribution is 0.0787. The van der Waals surface area contributed by atoms with Crippen LogP contribution in [0.15, 0.2) is 12.1 Å². The van der Waals surface area contributed by atoms with E-state index >= 15 is 0 Å². The van der Waals surface area contributed by atoms with Gasteiger partial charge in [-0.15, -0.1) is 0 Å². The molecule has 0 atom stereocenters. The maximum Gasteiger partial charge on any atom is 0.253 e. The number of hydrogen-bond donors (Lipinski definition) is 1. The van der Waals surface area contributed by atoms with Crippen LogP contribution in [0.5, 0.6) is 0 Å². The zero-order valence-corrected chi connectivity index (χ0v) is 11.9. The van der Waals surface area contributed by atoms with Crippen molar-refractivity contribution in [1.29, 1.82) is 0 Å². The van der Waals surface area contributed by atoms with Gasteiger partial charge >= 0.3 is 0 Å². The highest BCUT2D eigenvalue weighted by atomic mass is 19.1. The van der Waals surface area contributed by atoms with E-state index in [2.05, 4.69) is 5.32 Å². The molecule has 1 aliphatic carbocycles. The van der Waals surface area contributed by atoms with Crippen LogP contribution in [0.25, 0.3) is 0 Å². The van der Waals surface area contributed by atoms with Crippen LogP contribution < -0.4 is 5.32 Å². The number of carbonyl (C=O) groups is 1. The third-order valence-corrected chi connectivity index (χ3v) is 3.42. The maximum absolute atomic E-state index is 13.9. The van der Waals surface area contributed by atoms with Gasteiger partial charge in [-0.3, -0.25) is 4.79 Å². The Labute approximate surface area is 118 Å². The molecule has 1 aliphatic rings. The van der Waals surface area contributed by atoms with Gasteiger partial charge in [-0.1, -0.05) is 6.92 Å². The van der Waals surface area contributed by atoms with Gasteiger partial charge in [0.05, 0.1) is 0 Å². The molecule has 110 valence electrons. The Morgan fingerprint density at radius 1 is 1.35 bits per heavy atom. The minimum atomic E-state index is -0.721. The Hall–Kier alpha value is -1.65. The lowest BCUT2D eigenvalue weighted by Crippen LogP contribution is -2.29. The monoisotopic (exact) mass is 282 g/mol. The van der Waals surface area contributed by atoms with E-state index in [9.17, 15) is 13.6 Å². The first-order chi connectivity index (χ1) is 9.52. The summed E-state index contributed by atoms with van der Waals surface area (Å²) in [5, 5.41) is 2.69. The number of rotatable bonds is 6. The molecule has 1 N–H and O–H groups in total. The fourth-order valence-electron chi connectivity index (χ4n) is 2.11. The molecule has 3 nitrogen and oxygen atoms in total. The van der Waals surface area contributed by atoms with Crippen molar-refractivity contribution in [2.24, 2.45) is 5.92 Å². The summed E-state index contributed by atoms with van der Waals surface area (Å²) in [6.45, 7) is 3.05. The molecule has 20 heavy (non-hydrogen) atoms. The van der Waals surface area contributed by atoms with E-state index in [4.69, 9.17) is 0 Å². The predicted molar refractivity (Wildman–Crippen MR) is 74.8 cm³/mol. The van der Waals surface area contributed by atoms with E-state index in [0.717, 1.165) is 31.4 Å². The van der Waals surface area contributed by atoms with Gasteiger partial charge in [-0.2, -0.15) is 0 Å². The van der Waals surface area contributed by atoms with Crippen LogP contribution in [0.1, 0.15) is 36.5 Å². The molecule has 0 radical (unpaired) electrons. The van der Waals surface area contributed by atoms with Crippen molar-refractivity contribution in [3.8, 4) is 0 Å². The molecule has 0 heterocycles. The molecule has 1 amide bonds. The highest BCUT2D eigenvalue weighted by Gasteiger charge is 2.26. The number of amides is 1. The van der Waals surface area contributed by atoms with Gasteiger partial charge in [-0.25, -0.2) is 8.78 Å². The fourth-order valence-corrected chi connectivity index (χ4v) is 2.11. The van der Waals surface area contributed by atoms with Crippen molar-refractivity contribution in [2.45, 2.75) is 26.2 Å². The Balaban J connectivity index is 2.13. The second-order valence-electron chi connectivity index (χ2n) is 5.37. The Morgan fingerprint density at radius 2 is 1.95 bits per heavy atom. The molecule has 1 saturated carbocycles. The van der Waals surface area contributed by atoms with Crippen LogP contribution >= 0.6 is 0 Å². The molecule has 0 unspecified atom stereocenters. The molecule has 0 aromatic heterocycles. The van der Waals surface area contributed by atoms with Crippen LogP contribution in [0.4, 0.5) is 14.5 Å². The van der Waals surface area contributed by atoms with Gasteiger partial charge < -0.3 is 10.2 Å². The number of carbonyl (C=O) groups excluding carboxylic acids is 1. The Kier molecular flexibility index (Phi) is 4.57. The largest absolute Gasteiger partial charge is 0.380 e. The fraction of sp³-hybridized carbons (Fsp3) is 0.533. The summed E-state index contributed by atoms with van der Waals surface area (Å²) in [6.07, 6.45) is 3.02. The summed E-state index contributed by atoms with van der Waals surface area (Å²) in [4.78, 5) is 13.6. The SMILES string of the molecule is CCCNc1c(F)cc(C(=O)N(C)CC2CC2)cc1F. The lowest BCUT2D eigenvalue weighted by Gasteiger charge is -2.17. The van der Waals surface area contributed by atoms with Crippen LogP contribution in [-0.2, 0) is 0 Å². The topological polar surface area (TPSA) is 32.3 Å². The Bertz CT molecular complexity index is 478. The number of nitrogens with one attached hydrogen (secondary N) is 1. The molecule has 1 aromatic carbocycles. The molecule has 0 spiro atoms. The van der Waals surface area contributed by atoms with Crippen LogP contribution in [-0.4, -0.2) is 30.9 Å². The summed E-state index contributed by atoms with van der Waals surface area (Å²) < 4.78 is 27.7. The van der Waals surface area contributed by atoms with Crippen molar-refractivity contribution in [3.63, 3.8) is 0 Å². The summed E-state index contributed by atoms with van der Waals surface area (Å²) in [5.41, 5.74) is -0.0987. The van der Waals surface area contributed by atoms with E-state index in [1.165, 1.54) is 4.90 Å². The van der Waals surface area contributed by atoms with Gasteiger partial charge in [0.2, 0.25) is 0 Å². The summed E-state index contributed by atoms with van der Waals surface area (Å²) >= 11 is 0. The smallest absolute Gasteiger partial charge is 0.253 e. The average molecular weight is 282 g/mol. The predicted octanol–water partition coefficient (Wildman–Crippen LogP) is 3.27.